The van der Waals surface area contributed by atoms with Gasteiger partial charge in [-0.05, 0) is 13.5 Å². The van der Waals surface area contributed by atoms with Crippen molar-refractivity contribution in [2.45, 2.75) is 19.4 Å². The monoisotopic (exact) mass is 103 g/mol. The van der Waals surface area contributed by atoms with Gasteiger partial charge in [0.05, 0.1) is 6.10 Å². The molecule has 1 atom stereocenters. The first-order valence-electron chi connectivity index (χ1n) is 2.64. The fourth-order valence-electron chi connectivity index (χ4n) is 0.380. The zero-order valence-electron chi connectivity index (χ0n) is 4.94. The van der Waals surface area contributed by atoms with Crippen molar-refractivity contribution in [1.29, 1.82) is 0 Å². The van der Waals surface area contributed by atoms with Gasteiger partial charge in [0.1, 0.15) is 0 Å². The lowest BCUT2D eigenvalue weighted by atomic mass is 10.3. The van der Waals surface area contributed by atoms with E-state index in [1.54, 1.807) is 0 Å². The molecule has 2 N–H and O–H groups in total. The Hall–Kier alpha value is -0.0800. The van der Waals surface area contributed by atoms with Gasteiger partial charge in [0.2, 0.25) is 0 Å². The number of likely N-dealkylation sites (N-methyl/N-ethyl adjacent to an activating group) is 1. The molecule has 0 aromatic carbocycles. The van der Waals surface area contributed by atoms with Crippen LogP contribution in [-0.2, 0) is 0 Å². The first-order valence-corrected chi connectivity index (χ1v) is 2.64. The van der Waals surface area contributed by atoms with Crippen molar-refractivity contribution in [3.8, 4) is 0 Å². The highest BCUT2D eigenvalue weighted by Gasteiger charge is 1.93. The highest BCUT2D eigenvalue weighted by molar-refractivity contribution is 4.51. The lowest BCUT2D eigenvalue weighted by Crippen LogP contribution is -2.22. The van der Waals surface area contributed by atoms with Crippen molar-refractivity contribution in [1.82, 2.24) is 5.32 Å². The Balaban J connectivity index is 2.83. The average Bonchev–Trinajstić information content (AvgIpc) is 1.68. The molecule has 0 heterocycles. The van der Waals surface area contributed by atoms with Gasteiger partial charge < -0.3 is 10.4 Å². The van der Waals surface area contributed by atoms with Crippen molar-refractivity contribution < 1.29 is 5.11 Å². The molecule has 0 spiro atoms. The third-order valence-electron chi connectivity index (χ3n) is 0.911. The van der Waals surface area contributed by atoms with E-state index in [1.807, 2.05) is 14.0 Å². The summed E-state index contributed by atoms with van der Waals surface area (Å²) in [6, 6.07) is 0. The molecule has 2 nitrogen and oxygen atoms in total. The number of hydrogen-bond donors (Lipinski definition) is 2. The van der Waals surface area contributed by atoms with Gasteiger partial charge in [-0.15, -0.1) is 0 Å². The summed E-state index contributed by atoms with van der Waals surface area (Å²) in [6.45, 7) is 2.67. The largest absolute Gasteiger partial charge is 0.392 e. The standard InChI is InChI=1S/C5H13NO/c1-3-5(7)4-6-2/h5-7H,3-4H2,1-2H3. The van der Waals surface area contributed by atoms with E-state index in [2.05, 4.69) is 5.32 Å². The molecule has 2 heteroatoms. The first-order chi connectivity index (χ1) is 3.31. The summed E-state index contributed by atoms with van der Waals surface area (Å²) < 4.78 is 0. The maximum absolute atomic E-state index is 8.80. The average molecular weight is 103 g/mol. The number of aliphatic hydroxyl groups is 1. The third kappa shape index (κ3) is 3.76. The lowest BCUT2D eigenvalue weighted by molar-refractivity contribution is 0.170. The van der Waals surface area contributed by atoms with Crippen LogP contribution in [0.3, 0.4) is 0 Å². The predicted octanol–water partition coefficient (Wildman–Crippen LogP) is -0.0233. The van der Waals surface area contributed by atoms with Crippen molar-refractivity contribution >= 4 is 0 Å². The summed E-state index contributed by atoms with van der Waals surface area (Å²) in [4.78, 5) is 0. The van der Waals surface area contributed by atoms with Crippen molar-refractivity contribution in [3.05, 3.63) is 0 Å². The molecule has 0 bridgehead atoms. The quantitative estimate of drug-likeness (QED) is 0.526. The molecule has 44 valence electrons. The van der Waals surface area contributed by atoms with E-state index in [1.165, 1.54) is 0 Å². The maximum atomic E-state index is 8.80. The normalized spacial score (nSPS) is 14.1. The van der Waals surface area contributed by atoms with Crippen LogP contribution < -0.4 is 5.32 Å². The number of hydrogen-bond acceptors (Lipinski definition) is 2. The minimum absolute atomic E-state index is 0.162. The van der Waals surface area contributed by atoms with Gasteiger partial charge >= 0.3 is 0 Å². The van der Waals surface area contributed by atoms with Gasteiger partial charge in [0.25, 0.3) is 0 Å². The van der Waals surface area contributed by atoms with Gasteiger partial charge in [0, 0.05) is 6.54 Å². The van der Waals surface area contributed by atoms with Crippen LogP contribution in [0.4, 0.5) is 0 Å². The number of nitrogens with one attached hydrogen (secondary N) is 1. The topological polar surface area (TPSA) is 32.3 Å². The van der Waals surface area contributed by atoms with E-state index < -0.39 is 0 Å². The van der Waals surface area contributed by atoms with Crippen molar-refractivity contribution in [2.75, 3.05) is 13.6 Å². The van der Waals surface area contributed by atoms with Crippen LogP contribution >= 0.6 is 0 Å². The van der Waals surface area contributed by atoms with Gasteiger partial charge in [0.15, 0.2) is 0 Å². The van der Waals surface area contributed by atoms with E-state index in [0.717, 1.165) is 6.42 Å². The molecule has 1 unspecified atom stereocenters. The van der Waals surface area contributed by atoms with Crippen LogP contribution in [-0.4, -0.2) is 24.8 Å². The zero-order valence-corrected chi connectivity index (χ0v) is 4.94. The van der Waals surface area contributed by atoms with Crippen LogP contribution in [0.5, 0.6) is 0 Å². The number of rotatable bonds is 3. The Labute approximate surface area is 44.5 Å². The predicted molar refractivity (Wildman–Crippen MR) is 30.2 cm³/mol. The minimum Gasteiger partial charge on any atom is -0.392 e. The number of aliphatic hydroxyl groups excluding tert-OH is 1. The Morgan fingerprint density at radius 1 is 1.71 bits per heavy atom. The molecule has 0 aromatic rings. The van der Waals surface area contributed by atoms with Gasteiger partial charge in [-0.2, -0.15) is 0 Å². The molecule has 7 heavy (non-hydrogen) atoms. The van der Waals surface area contributed by atoms with Crippen LogP contribution in [0.15, 0.2) is 0 Å². The molecular weight excluding hydrogens is 90.1 g/mol. The summed E-state index contributed by atoms with van der Waals surface area (Å²) in [5.41, 5.74) is 0. The Morgan fingerprint density at radius 3 is 2.43 bits per heavy atom. The van der Waals surface area contributed by atoms with E-state index in [0.29, 0.717) is 6.54 Å². The summed E-state index contributed by atoms with van der Waals surface area (Å²) in [5.74, 6) is 0. The maximum Gasteiger partial charge on any atom is 0.0661 e. The first kappa shape index (κ1) is 6.92. The molecule has 0 rings (SSSR count). The molecule has 0 radical (unpaired) electrons. The highest BCUT2D eigenvalue weighted by atomic mass is 16.3. The smallest absolute Gasteiger partial charge is 0.0661 e. The van der Waals surface area contributed by atoms with Gasteiger partial charge in [-0.1, -0.05) is 6.92 Å². The Kier molecular flexibility index (Phi) is 4.04. The van der Waals surface area contributed by atoms with E-state index in [-0.39, 0.29) is 6.10 Å². The fourth-order valence-corrected chi connectivity index (χ4v) is 0.380. The Bertz CT molecular complexity index is 39.1. The minimum atomic E-state index is -0.162. The van der Waals surface area contributed by atoms with Crippen LogP contribution in [0, 0.1) is 0 Å². The highest BCUT2D eigenvalue weighted by Crippen LogP contribution is 1.83. The molecule has 0 aliphatic carbocycles. The molecule has 0 fully saturated rings. The van der Waals surface area contributed by atoms with E-state index in [9.17, 15) is 0 Å². The summed E-state index contributed by atoms with van der Waals surface area (Å²) in [6.07, 6.45) is 0.672. The fraction of sp³-hybridized carbons (Fsp3) is 1.00. The van der Waals surface area contributed by atoms with Crippen molar-refractivity contribution in [3.63, 3.8) is 0 Å². The second-order valence-corrected chi connectivity index (χ2v) is 1.62. The molecule has 0 aliphatic rings. The summed E-state index contributed by atoms with van der Waals surface area (Å²) >= 11 is 0. The van der Waals surface area contributed by atoms with Crippen LogP contribution in [0.1, 0.15) is 13.3 Å². The van der Waals surface area contributed by atoms with Crippen LogP contribution in [0.25, 0.3) is 0 Å². The van der Waals surface area contributed by atoms with E-state index in [4.69, 9.17) is 5.11 Å². The molecular formula is C5H13NO. The molecule has 0 aliphatic heterocycles. The molecule has 0 aromatic heterocycles. The summed E-state index contributed by atoms with van der Waals surface area (Å²) in [5, 5.41) is 11.7. The van der Waals surface area contributed by atoms with Crippen molar-refractivity contribution in [2.24, 2.45) is 0 Å². The third-order valence-corrected chi connectivity index (χ3v) is 0.911. The van der Waals surface area contributed by atoms with Gasteiger partial charge in [-0.3, -0.25) is 0 Å². The molecule has 0 saturated heterocycles. The zero-order chi connectivity index (χ0) is 5.70. The second kappa shape index (κ2) is 4.09. The Morgan fingerprint density at radius 2 is 2.29 bits per heavy atom. The molecule has 0 saturated carbocycles. The van der Waals surface area contributed by atoms with Gasteiger partial charge in [-0.25, -0.2) is 0 Å². The van der Waals surface area contributed by atoms with Crippen LogP contribution in [0.2, 0.25) is 0 Å². The van der Waals surface area contributed by atoms with E-state index >= 15 is 0 Å². The molecule has 0 amide bonds. The lowest BCUT2D eigenvalue weighted by Gasteiger charge is -2.03. The second-order valence-electron chi connectivity index (χ2n) is 1.62. The SMILES string of the molecule is CCC(O)CNC. The summed E-state index contributed by atoms with van der Waals surface area (Å²) in [7, 11) is 1.83.